The number of nitrogens with two attached hydrogens (primary N) is 1. The summed E-state index contributed by atoms with van der Waals surface area (Å²) in [6.07, 6.45) is 4.82. The minimum absolute atomic E-state index is 0. The molecule has 0 radical (unpaired) electrons. The zero-order valence-corrected chi connectivity index (χ0v) is 13.6. The van der Waals surface area contributed by atoms with E-state index < -0.39 is 5.82 Å². The number of nitrogens with one attached hydrogen (secondary N) is 1. The first-order valence-corrected chi connectivity index (χ1v) is 7.84. The molecule has 120 valence electrons. The van der Waals surface area contributed by atoms with Gasteiger partial charge in [-0.15, -0.1) is 23.7 Å². The van der Waals surface area contributed by atoms with Gasteiger partial charge in [-0.3, -0.25) is 9.78 Å². The molecule has 3 N–H and O–H groups in total. The molecule has 1 aliphatic rings. The number of pyridine rings is 1. The quantitative estimate of drug-likeness (QED) is 0.758. The Labute approximate surface area is 141 Å². The fourth-order valence-corrected chi connectivity index (χ4v) is 3.52. The minimum Gasteiger partial charge on any atom is -0.321 e. The summed E-state index contributed by atoms with van der Waals surface area (Å²) >= 11 is 1.22. The van der Waals surface area contributed by atoms with E-state index in [4.69, 9.17) is 5.73 Å². The van der Waals surface area contributed by atoms with Gasteiger partial charge >= 0.3 is 0 Å². The average Bonchev–Trinajstić information content (AvgIpc) is 3.26. The van der Waals surface area contributed by atoms with Gasteiger partial charge in [0, 0.05) is 16.6 Å². The van der Waals surface area contributed by atoms with Gasteiger partial charge in [-0.25, -0.2) is 9.37 Å². The first-order chi connectivity index (χ1) is 10.6. The average molecular weight is 353 g/mol. The molecule has 0 bridgehead atoms. The highest BCUT2D eigenvalue weighted by Gasteiger charge is 2.31. The fourth-order valence-electron chi connectivity index (χ4n) is 2.50. The Balaban J connectivity index is 0.00000156. The van der Waals surface area contributed by atoms with Crippen LogP contribution in [0.3, 0.4) is 0 Å². The van der Waals surface area contributed by atoms with Gasteiger partial charge in [-0.05, 0) is 30.9 Å². The standard InChI is InChI=1S/C15H13FN4OS.ClH/c16-9-6-18-4-3-8(9)11-5-10-13(22-11)15(21)20-14(19-10)12(17)7-1-2-7;/h3-7,12H,1-2,17H2,(H,19,20,21);1H. The van der Waals surface area contributed by atoms with Crippen LogP contribution in [-0.2, 0) is 0 Å². The molecule has 1 fully saturated rings. The predicted molar refractivity (Wildman–Crippen MR) is 90.3 cm³/mol. The third kappa shape index (κ3) is 2.87. The van der Waals surface area contributed by atoms with Crippen molar-refractivity contribution < 1.29 is 4.39 Å². The van der Waals surface area contributed by atoms with Crippen LogP contribution in [0, 0.1) is 11.7 Å². The number of thiophene rings is 1. The molecule has 0 spiro atoms. The zero-order valence-electron chi connectivity index (χ0n) is 12.0. The van der Waals surface area contributed by atoms with E-state index in [-0.39, 0.29) is 24.0 Å². The molecule has 1 saturated carbocycles. The zero-order chi connectivity index (χ0) is 15.3. The Morgan fingerprint density at radius 2 is 2.22 bits per heavy atom. The molecule has 0 amide bonds. The highest BCUT2D eigenvalue weighted by atomic mass is 35.5. The lowest BCUT2D eigenvalue weighted by atomic mass is 10.2. The number of H-pyrrole nitrogens is 1. The van der Waals surface area contributed by atoms with Crippen molar-refractivity contribution >= 4 is 34.0 Å². The van der Waals surface area contributed by atoms with Gasteiger partial charge in [0.05, 0.1) is 17.8 Å². The molecule has 0 saturated heterocycles. The molecule has 3 aromatic heterocycles. The molecule has 3 aromatic rings. The van der Waals surface area contributed by atoms with Crippen molar-refractivity contribution in [3.8, 4) is 10.4 Å². The van der Waals surface area contributed by atoms with E-state index >= 15 is 0 Å². The van der Waals surface area contributed by atoms with E-state index in [0.29, 0.717) is 32.4 Å². The number of hydrogen-bond acceptors (Lipinski definition) is 5. The monoisotopic (exact) mass is 352 g/mol. The van der Waals surface area contributed by atoms with Crippen molar-refractivity contribution in [2.24, 2.45) is 11.7 Å². The molecule has 3 heterocycles. The topological polar surface area (TPSA) is 84.7 Å². The molecule has 5 nitrogen and oxygen atoms in total. The summed E-state index contributed by atoms with van der Waals surface area (Å²) in [5, 5.41) is 0. The van der Waals surface area contributed by atoms with Crippen molar-refractivity contribution in [2.45, 2.75) is 18.9 Å². The Morgan fingerprint density at radius 1 is 1.43 bits per heavy atom. The predicted octanol–water partition coefficient (Wildman–Crippen LogP) is 3.02. The van der Waals surface area contributed by atoms with Crippen LogP contribution in [0.2, 0.25) is 0 Å². The third-order valence-corrected chi connectivity index (χ3v) is 5.04. The van der Waals surface area contributed by atoms with Crippen LogP contribution in [0.5, 0.6) is 0 Å². The first kappa shape index (κ1) is 16.0. The SMILES string of the molecule is Cl.NC(c1nc2cc(-c3ccncc3F)sc2c(=O)[nH]1)C1CC1. The summed E-state index contributed by atoms with van der Waals surface area (Å²) < 4.78 is 14.3. The molecule has 0 aromatic carbocycles. The third-order valence-electron chi connectivity index (χ3n) is 3.88. The maximum Gasteiger partial charge on any atom is 0.268 e. The molecule has 1 atom stereocenters. The summed E-state index contributed by atoms with van der Waals surface area (Å²) in [5.41, 5.74) is 6.87. The minimum atomic E-state index is -0.416. The van der Waals surface area contributed by atoms with Crippen molar-refractivity contribution in [3.63, 3.8) is 0 Å². The lowest BCUT2D eigenvalue weighted by molar-refractivity contribution is 0.594. The second-order valence-electron chi connectivity index (χ2n) is 5.49. The summed E-state index contributed by atoms with van der Waals surface area (Å²) in [5.74, 6) is 0.497. The van der Waals surface area contributed by atoms with Crippen LogP contribution >= 0.6 is 23.7 Å². The number of halogens is 2. The van der Waals surface area contributed by atoms with Gasteiger partial charge in [0.15, 0.2) is 0 Å². The molecule has 23 heavy (non-hydrogen) atoms. The van der Waals surface area contributed by atoms with Crippen molar-refractivity contribution in [2.75, 3.05) is 0 Å². The maximum atomic E-state index is 13.8. The molecule has 4 rings (SSSR count). The Hall–Kier alpha value is -1.83. The van der Waals surface area contributed by atoms with E-state index in [1.165, 1.54) is 17.5 Å². The number of aromatic nitrogens is 3. The van der Waals surface area contributed by atoms with Gasteiger partial charge in [0.25, 0.3) is 5.56 Å². The number of nitrogens with zero attached hydrogens (tertiary/aromatic N) is 2. The van der Waals surface area contributed by atoms with Crippen LogP contribution in [0.4, 0.5) is 4.39 Å². The molecule has 8 heteroatoms. The molecule has 1 unspecified atom stereocenters. The Kier molecular flexibility index (Phi) is 4.18. The highest BCUT2D eigenvalue weighted by molar-refractivity contribution is 7.22. The second kappa shape index (κ2) is 5.99. The van der Waals surface area contributed by atoms with Crippen LogP contribution in [0.15, 0.2) is 29.3 Å². The Bertz CT molecular complexity index is 921. The maximum absolute atomic E-state index is 13.8. The van der Waals surface area contributed by atoms with E-state index in [0.717, 1.165) is 19.0 Å². The van der Waals surface area contributed by atoms with Crippen LogP contribution in [0.25, 0.3) is 20.7 Å². The van der Waals surface area contributed by atoms with E-state index in [2.05, 4.69) is 15.0 Å². The smallest absolute Gasteiger partial charge is 0.268 e. The van der Waals surface area contributed by atoms with Gasteiger partial charge in [-0.1, -0.05) is 0 Å². The van der Waals surface area contributed by atoms with E-state index in [1.54, 1.807) is 12.1 Å². The molecular formula is C15H14ClFN4OS. The van der Waals surface area contributed by atoms with E-state index in [1.807, 2.05) is 0 Å². The largest absolute Gasteiger partial charge is 0.321 e. The van der Waals surface area contributed by atoms with Gasteiger partial charge in [-0.2, -0.15) is 0 Å². The summed E-state index contributed by atoms with van der Waals surface area (Å²) in [7, 11) is 0. The van der Waals surface area contributed by atoms with Crippen molar-refractivity contribution in [1.82, 2.24) is 15.0 Å². The summed E-state index contributed by atoms with van der Waals surface area (Å²) in [4.78, 5) is 23.9. The van der Waals surface area contributed by atoms with Crippen LogP contribution in [-0.4, -0.2) is 15.0 Å². The van der Waals surface area contributed by atoms with Gasteiger partial charge in [0.2, 0.25) is 0 Å². The van der Waals surface area contributed by atoms with E-state index in [9.17, 15) is 9.18 Å². The van der Waals surface area contributed by atoms with Crippen LogP contribution in [0.1, 0.15) is 24.7 Å². The van der Waals surface area contributed by atoms with Gasteiger partial charge in [0.1, 0.15) is 16.3 Å². The van der Waals surface area contributed by atoms with Crippen molar-refractivity contribution in [3.05, 3.63) is 46.5 Å². The molecule has 0 aliphatic heterocycles. The normalized spacial score (nSPS) is 15.4. The lowest BCUT2D eigenvalue weighted by Gasteiger charge is -2.08. The molecular weight excluding hydrogens is 339 g/mol. The van der Waals surface area contributed by atoms with Crippen LogP contribution < -0.4 is 11.3 Å². The Morgan fingerprint density at radius 3 is 2.91 bits per heavy atom. The number of fused-ring (bicyclic) bond motifs is 1. The van der Waals surface area contributed by atoms with Crippen molar-refractivity contribution in [1.29, 1.82) is 0 Å². The summed E-state index contributed by atoms with van der Waals surface area (Å²) in [6, 6.07) is 3.08. The summed E-state index contributed by atoms with van der Waals surface area (Å²) in [6.45, 7) is 0. The first-order valence-electron chi connectivity index (χ1n) is 7.02. The molecule has 1 aliphatic carbocycles. The number of hydrogen-bond donors (Lipinski definition) is 2. The lowest BCUT2D eigenvalue weighted by Crippen LogP contribution is -2.20. The second-order valence-corrected chi connectivity index (χ2v) is 6.55. The number of aromatic amines is 1. The van der Waals surface area contributed by atoms with Gasteiger partial charge < -0.3 is 10.7 Å². The fraction of sp³-hybridized carbons (Fsp3) is 0.267. The number of rotatable bonds is 3. The highest BCUT2D eigenvalue weighted by Crippen LogP contribution is 2.39.